The molecule has 1 fully saturated rings. The Kier molecular flexibility index (Phi) is 5.55. The Morgan fingerprint density at radius 2 is 1.97 bits per heavy atom. The van der Waals surface area contributed by atoms with Crippen LogP contribution in [-0.4, -0.2) is 51.3 Å². The van der Waals surface area contributed by atoms with Crippen LogP contribution in [0.25, 0.3) is 0 Å². The lowest BCUT2D eigenvalue weighted by atomic mass is 9.84. The highest BCUT2D eigenvalue weighted by atomic mass is 19.3. The van der Waals surface area contributed by atoms with Gasteiger partial charge in [0.05, 0.1) is 11.4 Å². The fourth-order valence-corrected chi connectivity index (χ4v) is 4.71. The number of halogens is 2. The molecule has 0 unspecified atom stereocenters. The van der Waals surface area contributed by atoms with Gasteiger partial charge in [0, 0.05) is 25.2 Å². The number of likely N-dealkylation sites (tertiary alicyclic amines) is 1. The Morgan fingerprint density at radius 1 is 1.27 bits per heavy atom. The zero-order chi connectivity index (χ0) is 21.6. The summed E-state index contributed by atoms with van der Waals surface area (Å²) in [6.07, 6.45) is -0.575. The van der Waals surface area contributed by atoms with Gasteiger partial charge in [-0.1, -0.05) is 19.0 Å². The van der Waals surface area contributed by atoms with E-state index in [-0.39, 0.29) is 23.8 Å². The zero-order valence-electron chi connectivity index (χ0n) is 17.9. The van der Waals surface area contributed by atoms with Crippen LogP contribution in [0.5, 0.6) is 0 Å². The van der Waals surface area contributed by atoms with Gasteiger partial charge in [-0.2, -0.15) is 5.10 Å². The van der Waals surface area contributed by atoms with E-state index in [0.29, 0.717) is 42.3 Å². The van der Waals surface area contributed by atoms with Crippen LogP contribution < -0.4 is 5.32 Å². The van der Waals surface area contributed by atoms with Crippen LogP contribution in [0.3, 0.4) is 0 Å². The molecule has 0 saturated carbocycles. The van der Waals surface area contributed by atoms with E-state index < -0.39 is 12.5 Å². The number of nitrogens with zero attached hydrogens (tertiary/aromatic N) is 4. The summed E-state index contributed by atoms with van der Waals surface area (Å²) in [6, 6.07) is 0.865. The number of aryl methyl sites for hydroxylation is 2. The highest BCUT2D eigenvalue weighted by molar-refractivity contribution is 5.96. The third-order valence-electron chi connectivity index (χ3n) is 6.34. The molecule has 2 aliphatic heterocycles. The Labute approximate surface area is 174 Å². The van der Waals surface area contributed by atoms with Gasteiger partial charge in [0.1, 0.15) is 23.2 Å². The molecule has 2 aliphatic rings. The third-order valence-corrected chi connectivity index (χ3v) is 6.34. The molecular weight excluding hydrogens is 392 g/mol. The van der Waals surface area contributed by atoms with Crippen molar-refractivity contribution in [1.29, 1.82) is 0 Å². The summed E-state index contributed by atoms with van der Waals surface area (Å²) in [5.41, 5.74) is 1.99. The van der Waals surface area contributed by atoms with E-state index in [0.717, 1.165) is 18.5 Å². The molecule has 2 aromatic heterocycles. The van der Waals surface area contributed by atoms with Crippen molar-refractivity contribution in [3.05, 3.63) is 28.8 Å². The fraction of sp³-hybridized carbons (Fsp3) is 0.667. The minimum absolute atomic E-state index is 0.0478. The van der Waals surface area contributed by atoms with Crippen LogP contribution in [0.15, 0.2) is 10.6 Å². The maximum atomic E-state index is 13.7. The second kappa shape index (κ2) is 8.00. The van der Waals surface area contributed by atoms with Gasteiger partial charge < -0.3 is 14.7 Å². The summed E-state index contributed by atoms with van der Waals surface area (Å²) in [7, 11) is 0. The number of aromatic nitrogens is 3. The number of carbonyl (C=O) groups is 1. The first-order valence-electron chi connectivity index (χ1n) is 10.6. The van der Waals surface area contributed by atoms with Gasteiger partial charge in [0.15, 0.2) is 0 Å². The second-order valence-corrected chi connectivity index (χ2v) is 8.79. The number of carbonyl (C=O) groups excluding carboxylic acids is 1. The van der Waals surface area contributed by atoms with E-state index in [1.807, 2.05) is 31.7 Å². The average Bonchev–Trinajstić information content (AvgIpc) is 3.28. The molecule has 2 atom stereocenters. The predicted molar refractivity (Wildman–Crippen MR) is 108 cm³/mol. The number of amides is 1. The van der Waals surface area contributed by atoms with Crippen molar-refractivity contribution in [2.75, 3.05) is 18.4 Å². The molecule has 164 valence electrons. The van der Waals surface area contributed by atoms with Crippen molar-refractivity contribution < 1.29 is 18.1 Å². The van der Waals surface area contributed by atoms with Crippen LogP contribution in [0.1, 0.15) is 72.6 Å². The Bertz CT molecular complexity index is 915. The van der Waals surface area contributed by atoms with Crippen LogP contribution in [0.4, 0.5) is 14.6 Å². The Balaban J connectivity index is 1.44. The van der Waals surface area contributed by atoms with Crippen molar-refractivity contribution in [2.24, 2.45) is 5.92 Å². The molecule has 4 rings (SSSR count). The van der Waals surface area contributed by atoms with Gasteiger partial charge in [-0.3, -0.25) is 4.79 Å². The number of alkyl halides is 2. The van der Waals surface area contributed by atoms with E-state index >= 15 is 0 Å². The Hall–Kier alpha value is -2.45. The summed E-state index contributed by atoms with van der Waals surface area (Å²) in [5.74, 6) is 1.49. The number of hydrogen-bond donors (Lipinski definition) is 1. The molecule has 1 N–H and O–H groups in total. The summed E-state index contributed by atoms with van der Waals surface area (Å²) in [6.45, 7) is 8.75. The lowest BCUT2D eigenvalue weighted by molar-refractivity contribution is 0.0538. The number of piperidine rings is 1. The summed E-state index contributed by atoms with van der Waals surface area (Å²) in [5, 5.41) is 11.7. The molecule has 0 spiro atoms. The normalized spacial score (nSPS) is 22.5. The highest BCUT2D eigenvalue weighted by Crippen LogP contribution is 2.37. The molecule has 2 aromatic rings. The smallest absolute Gasteiger partial charge is 0.260 e. The minimum Gasteiger partial charge on any atom is -0.367 e. The van der Waals surface area contributed by atoms with Crippen molar-refractivity contribution >= 4 is 11.7 Å². The molecule has 1 amide bonds. The van der Waals surface area contributed by atoms with Gasteiger partial charge in [-0.05, 0) is 44.9 Å². The van der Waals surface area contributed by atoms with Crippen LogP contribution in [0, 0.1) is 19.8 Å². The lowest BCUT2D eigenvalue weighted by Crippen LogP contribution is -2.46. The monoisotopic (exact) mass is 421 g/mol. The number of hydrogen-bond acceptors (Lipinski definition) is 5. The molecule has 9 heteroatoms. The molecule has 0 aromatic carbocycles. The maximum Gasteiger partial charge on any atom is 0.260 e. The average molecular weight is 421 g/mol. The first-order valence-corrected chi connectivity index (χ1v) is 10.6. The molecule has 0 aliphatic carbocycles. The zero-order valence-corrected chi connectivity index (χ0v) is 17.9. The van der Waals surface area contributed by atoms with Gasteiger partial charge in [-0.25, -0.2) is 13.5 Å². The lowest BCUT2D eigenvalue weighted by Gasteiger charge is -2.40. The second-order valence-electron chi connectivity index (χ2n) is 8.79. The topological polar surface area (TPSA) is 76.2 Å². The van der Waals surface area contributed by atoms with E-state index in [9.17, 15) is 13.6 Å². The van der Waals surface area contributed by atoms with Gasteiger partial charge in [0.2, 0.25) is 0 Å². The Morgan fingerprint density at radius 3 is 2.60 bits per heavy atom. The molecular formula is C21H29F2N5O2. The number of rotatable bonds is 4. The predicted octanol–water partition coefficient (Wildman–Crippen LogP) is 4.15. The fourth-order valence-electron chi connectivity index (χ4n) is 4.71. The molecule has 4 heterocycles. The van der Waals surface area contributed by atoms with Crippen LogP contribution in [0.2, 0.25) is 0 Å². The number of anilines is 1. The van der Waals surface area contributed by atoms with Gasteiger partial charge >= 0.3 is 0 Å². The highest BCUT2D eigenvalue weighted by Gasteiger charge is 2.39. The standard InChI is InChI=1S/C21H29F2N5O2/c1-11(2)19-18(13(4)30-26-19)21(29)27-7-5-14(6-8-27)15-10-16(20(22)23)28-17(24-15)9-12(3)25-28/h9,11,14-16,20,24H,5-8,10H2,1-4H3/t15-,16+/m0/s1. The van der Waals surface area contributed by atoms with E-state index in [4.69, 9.17) is 4.52 Å². The molecule has 30 heavy (non-hydrogen) atoms. The summed E-state index contributed by atoms with van der Waals surface area (Å²) < 4.78 is 34.0. The van der Waals surface area contributed by atoms with Crippen molar-refractivity contribution in [2.45, 2.75) is 71.4 Å². The van der Waals surface area contributed by atoms with Crippen molar-refractivity contribution in [3.63, 3.8) is 0 Å². The molecule has 7 nitrogen and oxygen atoms in total. The minimum atomic E-state index is -2.46. The maximum absolute atomic E-state index is 13.7. The van der Waals surface area contributed by atoms with E-state index in [1.54, 1.807) is 6.92 Å². The van der Waals surface area contributed by atoms with Crippen molar-refractivity contribution in [3.8, 4) is 0 Å². The van der Waals surface area contributed by atoms with Gasteiger partial charge in [0.25, 0.3) is 12.3 Å². The number of nitrogens with one attached hydrogen (secondary N) is 1. The van der Waals surface area contributed by atoms with Crippen molar-refractivity contribution in [1.82, 2.24) is 19.8 Å². The SMILES string of the molecule is Cc1cc2n(n1)[C@@H](C(F)F)C[C@@H](C1CCN(C(=O)c3c(C(C)C)noc3C)CC1)N2. The van der Waals surface area contributed by atoms with Crippen LogP contribution >= 0.6 is 0 Å². The van der Waals surface area contributed by atoms with Crippen LogP contribution in [-0.2, 0) is 0 Å². The molecule has 0 bridgehead atoms. The number of fused-ring (bicyclic) bond motifs is 1. The summed E-state index contributed by atoms with van der Waals surface area (Å²) in [4.78, 5) is 14.9. The van der Waals surface area contributed by atoms with E-state index in [1.165, 1.54) is 4.68 Å². The molecule has 1 saturated heterocycles. The first-order chi connectivity index (χ1) is 14.3. The third kappa shape index (κ3) is 3.70. The first kappa shape index (κ1) is 20.8. The quantitative estimate of drug-likeness (QED) is 0.803. The van der Waals surface area contributed by atoms with Gasteiger partial charge in [-0.15, -0.1) is 0 Å². The molecule has 0 radical (unpaired) electrons. The largest absolute Gasteiger partial charge is 0.367 e. The van der Waals surface area contributed by atoms with E-state index in [2.05, 4.69) is 15.6 Å². The summed E-state index contributed by atoms with van der Waals surface area (Å²) >= 11 is 0.